The summed E-state index contributed by atoms with van der Waals surface area (Å²) >= 11 is 0. The molecule has 0 aliphatic carbocycles. The Labute approximate surface area is 148 Å². The molecule has 3 rings (SSSR count). The normalized spacial score (nSPS) is 16.6. The summed E-state index contributed by atoms with van der Waals surface area (Å²) in [4.78, 5) is 12.6. The number of fused-ring (bicyclic) bond motifs is 1. The number of para-hydroxylation sites is 1. The van der Waals surface area contributed by atoms with Crippen LogP contribution < -0.4 is 9.62 Å². The number of carbonyl (C=O) groups is 1. The molecule has 1 aliphatic rings. The highest BCUT2D eigenvalue weighted by molar-refractivity contribution is 7.92. The molecule has 0 unspecified atom stereocenters. The van der Waals surface area contributed by atoms with Crippen LogP contribution >= 0.6 is 0 Å². The Morgan fingerprint density at radius 3 is 2.40 bits per heavy atom. The summed E-state index contributed by atoms with van der Waals surface area (Å²) in [6.45, 7) is 5.78. The van der Waals surface area contributed by atoms with Crippen molar-refractivity contribution in [3.05, 3.63) is 58.7 Å². The van der Waals surface area contributed by atoms with E-state index >= 15 is 0 Å². The first kappa shape index (κ1) is 17.5. The maximum absolute atomic E-state index is 12.6. The molecule has 0 radical (unpaired) electrons. The van der Waals surface area contributed by atoms with Gasteiger partial charge in [-0.15, -0.1) is 0 Å². The first-order valence-electron chi connectivity index (χ1n) is 8.18. The number of aryl methyl sites for hydroxylation is 2. The maximum Gasteiger partial charge on any atom is 0.255 e. The molecule has 0 aromatic heterocycles. The largest absolute Gasteiger partial charge is 0.322 e. The molecule has 1 amide bonds. The van der Waals surface area contributed by atoms with E-state index in [1.54, 1.807) is 18.2 Å². The van der Waals surface area contributed by atoms with E-state index in [4.69, 9.17) is 0 Å². The summed E-state index contributed by atoms with van der Waals surface area (Å²) < 4.78 is 25.4. The lowest BCUT2D eigenvalue weighted by Gasteiger charge is -2.22. The Balaban J connectivity index is 1.91. The zero-order valence-corrected chi connectivity index (χ0v) is 15.6. The number of sulfonamides is 1. The molecule has 1 atom stereocenters. The van der Waals surface area contributed by atoms with Crippen molar-refractivity contribution in [2.24, 2.45) is 0 Å². The predicted octanol–water partition coefficient (Wildman–Crippen LogP) is 3.27. The van der Waals surface area contributed by atoms with E-state index in [0.717, 1.165) is 22.4 Å². The van der Waals surface area contributed by atoms with Crippen LogP contribution in [0, 0.1) is 13.8 Å². The smallest absolute Gasteiger partial charge is 0.255 e. The second-order valence-electron chi connectivity index (χ2n) is 6.68. The number of carbonyl (C=O) groups excluding carboxylic acids is 1. The molecule has 1 aliphatic heterocycles. The summed E-state index contributed by atoms with van der Waals surface area (Å²) in [5.41, 5.74) is 4.91. The van der Waals surface area contributed by atoms with Crippen molar-refractivity contribution in [3.8, 4) is 0 Å². The first-order valence-corrected chi connectivity index (χ1v) is 10.0. The lowest BCUT2D eigenvalue weighted by molar-refractivity contribution is 0.102. The van der Waals surface area contributed by atoms with E-state index in [1.807, 2.05) is 39.0 Å². The third kappa shape index (κ3) is 3.26. The Hall–Kier alpha value is -2.34. The van der Waals surface area contributed by atoms with Crippen LogP contribution in [-0.4, -0.2) is 26.6 Å². The molecule has 1 N–H and O–H groups in total. The minimum atomic E-state index is -3.33. The predicted molar refractivity (Wildman–Crippen MR) is 101 cm³/mol. The van der Waals surface area contributed by atoms with Crippen LogP contribution in [-0.2, 0) is 16.4 Å². The monoisotopic (exact) mass is 358 g/mol. The standard InChI is InChI=1S/C19H22N2O3S/c1-12-6-5-7-13(2)18(12)20-19(22)15-8-9-17-16(11-15)10-14(3)21(17)25(4,23)24/h5-9,11,14H,10H2,1-4H3,(H,20,22)/t14-/m0/s1. The molecule has 0 saturated carbocycles. The minimum absolute atomic E-state index is 0.137. The van der Waals surface area contributed by atoms with Crippen molar-refractivity contribution >= 4 is 27.3 Å². The van der Waals surface area contributed by atoms with Gasteiger partial charge in [0.15, 0.2) is 0 Å². The number of benzene rings is 2. The van der Waals surface area contributed by atoms with Crippen molar-refractivity contribution < 1.29 is 13.2 Å². The van der Waals surface area contributed by atoms with Crippen molar-refractivity contribution in [1.29, 1.82) is 0 Å². The quantitative estimate of drug-likeness (QED) is 0.916. The SMILES string of the molecule is Cc1cccc(C)c1NC(=O)c1ccc2c(c1)C[C@H](C)N2S(C)(=O)=O. The Morgan fingerprint density at radius 2 is 1.80 bits per heavy atom. The Bertz CT molecular complexity index is 931. The summed E-state index contributed by atoms with van der Waals surface area (Å²) in [6.07, 6.45) is 1.81. The van der Waals surface area contributed by atoms with Crippen molar-refractivity contribution in [3.63, 3.8) is 0 Å². The van der Waals surface area contributed by atoms with Crippen LogP contribution in [0.5, 0.6) is 0 Å². The fourth-order valence-electron chi connectivity index (χ4n) is 3.45. The van der Waals surface area contributed by atoms with Crippen LogP contribution in [0.3, 0.4) is 0 Å². The second-order valence-corrected chi connectivity index (χ2v) is 8.54. The zero-order valence-electron chi connectivity index (χ0n) is 14.8. The van der Waals surface area contributed by atoms with Gasteiger partial charge in [-0.3, -0.25) is 9.10 Å². The number of rotatable bonds is 3. The number of hydrogen-bond acceptors (Lipinski definition) is 3. The highest BCUT2D eigenvalue weighted by Gasteiger charge is 2.32. The first-order chi connectivity index (χ1) is 11.7. The zero-order chi connectivity index (χ0) is 18.4. The highest BCUT2D eigenvalue weighted by Crippen LogP contribution is 2.35. The molecule has 2 aromatic rings. The van der Waals surface area contributed by atoms with Gasteiger partial charge in [0.1, 0.15) is 0 Å². The summed E-state index contributed by atoms with van der Waals surface area (Å²) in [5.74, 6) is -0.189. The molecule has 1 heterocycles. The van der Waals surface area contributed by atoms with E-state index in [1.165, 1.54) is 10.6 Å². The molecule has 6 heteroatoms. The van der Waals surface area contributed by atoms with Gasteiger partial charge in [-0.05, 0) is 62.1 Å². The minimum Gasteiger partial charge on any atom is -0.322 e. The topological polar surface area (TPSA) is 66.5 Å². The lowest BCUT2D eigenvalue weighted by Crippen LogP contribution is -2.34. The Morgan fingerprint density at radius 1 is 1.16 bits per heavy atom. The van der Waals surface area contributed by atoms with Gasteiger partial charge in [0, 0.05) is 17.3 Å². The molecule has 132 valence electrons. The number of amides is 1. The maximum atomic E-state index is 12.6. The third-order valence-corrected chi connectivity index (χ3v) is 5.84. The van der Waals surface area contributed by atoms with Crippen molar-refractivity contribution in [2.45, 2.75) is 33.2 Å². The van der Waals surface area contributed by atoms with E-state index < -0.39 is 10.0 Å². The van der Waals surface area contributed by atoms with Gasteiger partial charge in [0.2, 0.25) is 10.0 Å². The van der Waals surface area contributed by atoms with Gasteiger partial charge in [-0.25, -0.2) is 8.42 Å². The molecule has 0 spiro atoms. The highest BCUT2D eigenvalue weighted by atomic mass is 32.2. The molecule has 2 aromatic carbocycles. The van der Waals surface area contributed by atoms with E-state index in [9.17, 15) is 13.2 Å². The second kappa shape index (κ2) is 6.19. The van der Waals surface area contributed by atoms with Gasteiger partial charge < -0.3 is 5.32 Å². The van der Waals surface area contributed by atoms with Crippen molar-refractivity contribution in [2.75, 3.05) is 15.9 Å². The van der Waals surface area contributed by atoms with Gasteiger partial charge in [0.05, 0.1) is 11.9 Å². The van der Waals surface area contributed by atoms with E-state index in [-0.39, 0.29) is 11.9 Å². The molecular formula is C19H22N2O3S. The molecule has 0 bridgehead atoms. The Kier molecular flexibility index (Phi) is 4.33. The average Bonchev–Trinajstić information content (AvgIpc) is 2.85. The van der Waals surface area contributed by atoms with Gasteiger partial charge in [-0.1, -0.05) is 18.2 Å². The fraction of sp³-hybridized carbons (Fsp3) is 0.316. The molecule has 5 nitrogen and oxygen atoms in total. The molecule has 0 fully saturated rings. The summed E-state index contributed by atoms with van der Waals surface area (Å²) in [5, 5.41) is 2.97. The van der Waals surface area contributed by atoms with Gasteiger partial charge in [-0.2, -0.15) is 0 Å². The lowest BCUT2D eigenvalue weighted by atomic mass is 10.1. The molecule has 25 heavy (non-hydrogen) atoms. The van der Waals surface area contributed by atoms with Crippen LogP contribution in [0.25, 0.3) is 0 Å². The summed E-state index contributed by atoms with van der Waals surface area (Å²) in [7, 11) is -3.33. The van der Waals surface area contributed by atoms with Crippen LogP contribution in [0.15, 0.2) is 36.4 Å². The summed E-state index contributed by atoms with van der Waals surface area (Å²) in [6, 6.07) is 10.9. The third-order valence-electron chi connectivity index (χ3n) is 4.57. The van der Waals surface area contributed by atoms with E-state index in [2.05, 4.69) is 5.32 Å². The number of nitrogens with zero attached hydrogens (tertiary/aromatic N) is 1. The number of nitrogens with one attached hydrogen (secondary N) is 1. The van der Waals surface area contributed by atoms with Crippen LogP contribution in [0.2, 0.25) is 0 Å². The number of anilines is 2. The van der Waals surface area contributed by atoms with Crippen LogP contribution in [0.4, 0.5) is 11.4 Å². The molecule has 0 saturated heterocycles. The van der Waals surface area contributed by atoms with Crippen molar-refractivity contribution in [1.82, 2.24) is 0 Å². The van der Waals surface area contributed by atoms with Gasteiger partial charge >= 0.3 is 0 Å². The van der Waals surface area contributed by atoms with E-state index in [0.29, 0.717) is 17.7 Å². The van der Waals surface area contributed by atoms with Gasteiger partial charge in [0.25, 0.3) is 5.91 Å². The average molecular weight is 358 g/mol. The number of hydrogen-bond donors (Lipinski definition) is 1. The fourth-order valence-corrected chi connectivity index (χ4v) is 4.71. The molecular weight excluding hydrogens is 336 g/mol. The van der Waals surface area contributed by atoms with Crippen LogP contribution in [0.1, 0.15) is 34.0 Å².